The predicted octanol–water partition coefficient (Wildman–Crippen LogP) is 2.68. The van der Waals surface area contributed by atoms with Crippen molar-refractivity contribution >= 4 is 5.91 Å². The van der Waals surface area contributed by atoms with E-state index in [9.17, 15) is 18.0 Å². The summed E-state index contributed by atoms with van der Waals surface area (Å²) in [6.07, 6.45) is -3.51. The minimum atomic E-state index is -4.71. The Morgan fingerprint density at radius 1 is 1.16 bits per heavy atom. The smallest absolute Gasteiger partial charge is 0.406 e. The minimum absolute atomic E-state index is 0.120. The highest BCUT2D eigenvalue weighted by atomic mass is 19.4. The van der Waals surface area contributed by atoms with Gasteiger partial charge in [-0.25, -0.2) is 0 Å². The highest BCUT2D eigenvalue weighted by Gasteiger charge is 2.46. The van der Waals surface area contributed by atoms with Gasteiger partial charge >= 0.3 is 6.36 Å². The number of nitrogens with zero attached hydrogens (tertiary/aromatic N) is 1. The molecule has 19 heavy (non-hydrogen) atoms. The lowest BCUT2D eigenvalue weighted by molar-refractivity contribution is -0.274. The van der Waals surface area contributed by atoms with E-state index in [1.807, 2.05) is 0 Å². The summed E-state index contributed by atoms with van der Waals surface area (Å²) < 4.78 is 39.8. The first-order valence-electron chi connectivity index (χ1n) is 6.07. The summed E-state index contributed by atoms with van der Waals surface area (Å²) in [5, 5.41) is 0. The Bertz CT molecular complexity index is 488. The quantitative estimate of drug-likeness (QED) is 0.827. The Morgan fingerprint density at radius 2 is 1.74 bits per heavy atom. The SMILES string of the molecule is O=C(c1ccc(OC(F)(F)F)cc1)N1CC2C[C@H]2C1. The van der Waals surface area contributed by atoms with E-state index in [1.165, 1.54) is 18.6 Å². The van der Waals surface area contributed by atoms with Gasteiger partial charge in [0.1, 0.15) is 5.75 Å². The van der Waals surface area contributed by atoms with Crippen LogP contribution < -0.4 is 4.74 Å². The molecule has 1 heterocycles. The first-order chi connectivity index (χ1) is 8.92. The number of carbonyl (C=O) groups excluding carboxylic acids is 1. The maximum absolute atomic E-state index is 12.1. The maximum Gasteiger partial charge on any atom is 0.573 e. The molecule has 1 saturated heterocycles. The van der Waals surface area contributed by atoms with Crippen molar-refractivity contribution in [2.45, 2.75) is 12.8 Å². The summed E-state index contributed by atoms with van der Waals surface area (Å²) in [4.78, 5) is 13.8. The second-order valence-corrected chi connectivity index (χ2v) is 5.04. The van der Waals surface area contributed by atoms with Gasteiger partial charge < -0.3 is 9.64 Å². The lowest BCUT2D eigenvalue weighted by Crippen LogP contribution is -2.30. The number of rotatable bonds is 2. The van der Waals surface area contributed by atoms with E-state index in [2.05, 4.69) is 4.74 Å². The lowest BCUT2D eigenvalue weighted by Gasteiger charge is -2.18. The molecular formula is C13H12F3NO2. The third-order valence-corrected chi connectivity index (χ3v) is 3.60. The molecule has 1 aliphatic heterocycles. The highest BCUT2D eigenvalue weighted by molar-refractivity contribution is 5.94. The molecule has 2 atom stereocenters. The van der Waals surface area contributed by atoms with Gasteiger partial charge in [0.2, 0.25) is 0 Å². The van der Waals surface area contributed by atoms with Gasteiger partial charge in [-0.15, -0.1) is 13.2 Å². The average molecular weight is 271 g/mol. The van der Waals surface area contributed by atoms with Crippen molar-refractivity contribution in [3.63, 3.8) is 0 Å². The maximum atomic E-state index is 12.1. The fourth-order valence-electron chi connectivity index (χ4n) is 2.55. The number of carbonyl (C=O) groups is 1. The molecule has 2 fully saturated rings. The molecule has 1 aliphatic carbocycles. The topological polar surface area (TPSA) is 29.5 Å². The van der Waals surface area contributed by atoms with Crippen molar-refractivity contribution < 1.29 is 22.7 Å². The molecule has 1 aromatic rings. The van der Waals surface area contributed by atoms with E-state index >= 15 is 0 Å². The van der Waals surface area contributed by atoms with E-state index in [-0.39, 0.29) is 11.7 Å². The second kappa shape index (κ2) is 4.15. The number of fused-ring (bicyclic) bond motifs is 1. The van der Waals surface area contributed by atoms with Crippen LogP contribution in [0.25, 0.3) is 0 Å². The van der Waals surface area contributed by atoms with Crippen molar-refractivity contribution in [1.82, 2.24) is 4.90 Å². The molecule has 0 bridgehead atoms. The molecule has 6 heteroatoms. The number of amides is 1. The Morgan fingerprint density at radius 3 is 2.26 bits per heavy atom. The Hall–Kier alpha value is -1.72. The molecule has 2 aliphatic rings. The van der Waals surface area contributed by atoms with Gasteiger partial charge in [0, 0.05) is 18.7 Å². The van der Waals surface area contributed by atoms with Crippen molar-refractivity contribution in [2.75, 3.05) is 13.1 Å². The zero-order valence-electron chi connectivity index (χ0n) is 9.98. The van der Waals surface area contributed by atoms with E-state index in [1.54, 1.807) is 4.90 Å². The number of hydrogen-bond acceptors (Lipinski definition) is 2. The number of halogens is 3. The summed E-state index contributed by atoms with van der Waals surface area (Å²) in [6, 6.07) is 5.07. The van der Waals surface area contributed by atoms with Crippen LogP contribution in [0.1, 0.15) is 16.8 Å². The Labute approximate surface area is 108 Å². The third-order valence-electron chi connectivity index (χ3n) is 3.60. The lowest BCUT2D eigenvalue weighted by atomic mass is 10.2. The first kappa shape index (κ1) is 12.3. The fraction of sp³-hybridized carbons (Fsp3) is 0.462. The van der Waals surface area contributed by atoms with Crippen LogP contribution in [0.4, 0.5) is 13.2 Å². The first-order valence-corrected chi connectivity index (χ1v) is 6.07. The van der Waals surface area contributed by atoms with Crippen LogP contribution in [0.2, 0.25) is 0 Å². The van der Waals surface area contributed by atoms with Crippen LogP contribution in [0.15, 0.2) is 24.3 Å². The average Bonchev–Trinajstić information content (AvgIpc) is 2.94. The summed E-state index contributed by atoms with van der Waals surface area (Å²) in [7, 11) is 0. The van der Waals surface area contributed by atoms with Crippen LogP contribution in [-0.4, -0.2) is 30.3 Å². The molecule has 0 radical (unpaired) electrons. The van der Waals surface area contributed by atoms with E-state index < -0.39 is 6.36 Å². The highest BCUT2D eigenvalue weighted by Crippen LogP contribution is 2.45. The van der Waals surface area contributed by atoms with Gasteiger partial charge in [-0.1, -0.05) is 0 Å². The molecule has 0 spiro atoms. The molecular weight excluding hydrogens is 259 g/mol. The number of piperidine rings is 1. The fourth-order valence-corrected chi connectivity index (χ4v) is 2.55. The standard InChI is InChI=1S/C13H12F3NO2/c14-13(15,16)19-11-3-1-8(2-4-11)12(18)17-6-9-5-10(9)7-17/h1-4,9-10H,5-7H2/t9-,10?/m0/s1. The van der Waals surface area contributed by atoms with Crippen molar-refractivity contribution in [3.05, 3.63) is 29.8 Å². The number of ether oxygens (including phenoxy) is 1. The largest absolute Gasteiger partial charge is 0.573 e. The van der Waals surface area contributed by atoms with Crippen molar-refractivity contribution in [3.8, 4) is 5.75 Å². The van der Waals surface area contributed by atoms with Crippen LogP contribution >= 0.6 is 0 Å². The van der Waals surface area contributed by atoms with Gasteiger partial charge in [0.05, 0.1) is 0 Å². The number of alkyl halides is 3. The van der Waals surface area contributed by atoms with Crippen molar-refractivity contribution in [2.24, 2.45) is 11.8 Å². The molecule has 0 aromatic heterocycles. The molecule has 1 saturated carbocycles. The molecule has 102 valence electrons. The van der Waals surface area contributed by atoms with Gasteiger partial charge in [-0.05, 0) is 42.5 Å². The third kappa shape index (κ3) is 2.67. The van der Waals surface area contributed by atoms with E-state index in [4.69, 9.17) is 0 Å². The van der Waals surface area contributed by atoms with E-state index in [0.29, 0.717) is 17.4 Å². The number of benzene rings is 1. The predicted molar refractivity (Wildman–Crippen MR) is 60.6 cm³/mol. The van der Waals surface area contributed by atoms with Gasteiger partial charge in [0.25, 0.3) is 5.91 Å². The molecule has 1 amide bonds. The summed E-state index contributed by atoms with van der Waals surface area (Å²) in [5.41, 5.74) is 0.399. The van der Waals surface area contributed by atoms with Crippen LogP contribution in [0.3, 0.4) is 0 Å². The molecule has 3 nitrogen and oxygen atoms in total. The molecule has 0 N–H and O–H groups in total. The Balaban J connectivity index is 1.66. The zero-order chi connectivity index (χ0) is 13.6. The molecule has 1 unspecified atom stereocenters. The van der Waals surface area contributed by atoms with Gasteiger partial charge in [0.15, 0.2) is 0 Å². The Kier molecular flexibility index (Phi) is 2.69. The minimum Gasteiger partial charge on any atom is -0.406 e. The molecule has 1 aromatic carbocycles. The normalized spacial score (nSPS) is 25.1. The molecule has 3 rings (SSSR count). The van der Waals surface area contributed by atoms with E-state index in [0.717, 1.165) is 25.2 Å². The zero-order valence-corrected chi connectivity index (χ0v) is 9.98. The van der Waals surface area contributed by atoms with Crippen molar-refractivity contribution in [1.29, 1.82) is 0 Å². The number of hydrogen-bond donors (Lipinski definition) is 0. The van der Waals surface area contributed by atoms with Gasteiger partial charge in [-0.3, -0.25) is 4.79 Å². The summed E-state index contributed by atoms with van der Waals surface area (Å²) >= 11 is 0. The number of likely N-dealkylation sites (tertiary alicyclic amines) is 1. The van der Waals surface area contributed by atoms with Gasteiger partial charge in [-0.2, -0.15) is 0 Å². The summed E-state index contributed by atoms with van der Waals surface area (Å²) in [5.74, 6) is 0.840. The van der Waals surface area contributed by atoms with Crippen LogP contribution in [0, 0.1) is 11.8 Å². The second-order valence-electron chi connectivity index (χ2n) is 5.04. The summed E-state index contributed by atoms with van der Waals surface area (Å²) in [6.45, 7) is 1.54. The van der Waals surface area contributed by atoms with Crippen LogP contribution in [-0.2, 0) is 0 Å². The monoisotopic (exact) mass is 271 g/mol. The van der Waals surface area contributed by atoms with Crippen LogP contribution in [0.5, 0.6) is 5.75 Å².